The third-order valence-corrected chi connectivity index (χ3v) is 17.3. The fraction of sp³-hybridized carbons (Fsp3) is 0.683. The third kappa shape index (κ3) is 56.2. The Balaban J connectivity index is -0.000000221. The molecule has 10 unspecified atom stereocenters. The zero-order valence-electron chi connectivity index (χ0n) is 58.7. The molecule has 0 saturated carbocycles. The molecule has 2 rings (SSSR count). The van der Waals surface area contributed by atoms with Crippen LogP contribution >= 0.6 is 24.8 Å². The number of sulfone groups is 4. The summed E-state index contributed by atoms with van der Waals surface area (Å²) in [5, 5.41) is 52.0. The van der Waals surface area contributed by atoms with Gasteiger partial charge in [0.1, 0.15) is 63.1 Å². The molecule has 2 aromatic carbocycles. The maximum Gasteiger partial charge on any atom is 0.307 e. The number of nitrogens with two attached hydrogens (primary N) is 1. The fourth-order valence-corrected chi connectivity index (χ4v) is 12.4. The Hall–Kier alpha value is -5.26. The normalized spacial score (nSPS) is 14.0. The van der Waals surface area contributed by atoms with E-state index in [4.69, 9.17) is 15.9 Å². The van der Waals surface area contributed by atoms with E-state index in [1.807, 2.05) is 102 Å². The molecule has 10 atom stereocenters. The number of nitrogens with zero attached hydrogens (tertiary/aromatic N) is 1. The van der Waals surface area contributed by atoms with Crippen LogP contribution in [0.15, 0.2) is 60.7 Å². The van der Waals surface area contributed by atoms with Crippen LogP contribution < -0.4 is 37.6 Å². The lowest BCUT2D eigenvalue weighted by Gasteiger charge is -2.29. The number of nitrogens with one attached hydrogen (secondary N) is 6. The number of hydrogen-bond acceptors (Lipinski definition) is 22. The van der Waals surface area contributed by atoms with Crippen LogP contribution in [0.5, 0.6) is 0 Å². The monoisotopic (exact) mass is 1500 g/mol. The van der Waals surface area contributed by atoms with E-state index in [9.17, 15) is 82.2 Å². The number of ketones is 2. The first-order valence-corrected chi connectivity index (χ1v) is 39.2. The van der Waals surface area contributed by atoms with E-state index < -0.39 is 111 Å². The summed E-state index contributed by atoms with van der Waals surface area (Å²) in [6.45, 7) is 17.6. The van der Waals surface area contributed by atoms with E-state index in [-0.39, 0.29) is 110 Å². The number of benzene rings is 2. The average molecular weight is 1510 g/mol. The number of aliphatic carboxylic acids is 1. The van der Waals surface area contributed by atoms with E-state index in [1.54, 1.807) is 32.8 Å². The van der Waals surface area contributed by atoms with Gasteiger partial charge in [-0.05, 0) is 92.1 Å². The summed E-state index contributed by atoms with van der Waals surface area (Å²) in [5.41, 5.74) is 7.57. The minimum Gasteiger partial charge on any atom is -0.481 e. The second kappa shape index (κ2) is 56.5. The molecule has 28 nitrogen and oxygen atoms in total. The van der Waals surface area contributed by atoms with Crippen molar-refractivity contribution in [3.05, 3.63) is 71.8 Å². The molecule has 0 fully saturated rings. The Morgan fingerprint density at radius 2 is 0.876 bits per heavy atom. The summed E-state index contributed by atoms with van der Waals surface area (Å²) in [7, 11) is -9.50. The topological polar surface area (TPSA) is 455 Å². The minimum atomic E-state index is -3.45. The number of carboxylic acids is 1. The molecular formula is C63H118Cl2N8O20S4. The van der Waals surface area contributed by atoms with Crippen LogP contribution in [0.4, 0.5) is 0 Å². The predicted molar refractivity (Wildman–Crippen MR) is 387 cm³/mol. The fourth-order valence-electron chi connectivity index (χ4n) is 8.27. The lowest BCUT2D eigenvalue weighted by atomic mass is 10.0. The van der Waals surface area contributed by atoms with Gasteiger partial charge >= 0.3 is 5.97 Å². The first kappa shape index (κ1) is 105. The molecule has 0 heterocycles. The van der Waals surface area contributed by atoms with Gasteiger partial charge < -0.3 is 58.1 Å². The highest BCUT2D eigenvalue weighted by Gasteiger charge is 2.33. The third-order valence-electron chi connectivity index (χ3n) is 13.4. The number of carbonyl (C=O) groups is 8. The van der Waals surface area contributed by atoms with Gasteiger partial charge in [0, 0.05) is 43.6 Å². The molecule has 0 aliphatic rings. The van der Waals surface area contributed by atoms with E-state index >= 15 is 0 Å². The van der Waals surface area contributed by atoms with Crippen molar-refractivity contribution < 1.29 is 92.5 Å². The lowest BCUT2D eigenvalue weighted by molar-refractivity contribution is -0.141. The number of hydrogen-bond donors (Lipinski definition) is 11. The van der Waals surface area contributed by atoms with Gasteiger partial charge in [-0.15, -0.1) is 24.8 Å². The van der Waals surface area contributed by atoms with E-state index in [0.717, 1.165) is 42.7 Å². The number of carboxylic acid groups (broad SMARTS) is 1. The van der Waals surface area contributed by atoms with Gasteiger partial charge in [0.05, 0.1) is 66.2 Å². The molecule has 568 valence electrons. The molecule has 34 heteroatoms. The second-order valence-corrected chi connectivity index (χ2v) is 31.5. The summed E-state index contributed by atoms with van der Waals surface area (Å²) in [6, 6.07) is 15.4. The van der Waals surface area contributed by atoms with Crippen LogP contribution in [0.3, 0.4) is 0 Å². The number of likely N-dealkylation sites (N-methyl/N-ethyl adjacent to an activating group) is 2. The van der Waals surface area contributed by atoms with Crippen molar-refractivity contribution in [2.45, 2.75) is 176 Å². The largest absolute Gasteiger partial charge is 0.481 e. The number of aliphatic hydroxyl groups excluding tert-OH is 3. The number of halogens is 2. The molecule has 2 aromatic rings. The molecule has 0 aliphatic carbocycles. The van der Waals surface area contributed by atoms with E-state index in [2.05, 4.69) is 31.9 Å². The Kier molecular flexibility index (Phi) is 61.3. The molecule has 0 aliphatic heterocycles. The quantitative estimate of drug-likeness (QED) is 0.0467. The Bertz CT molecular complexity index is 2960. The number of Topliss-reactive ketones (excluding diaryl/α,β-unsaturated/α-hetero) is 2. The van der Waals surface area contributed by atoms with Crippen LogP contribution in [-0.4, -0.2) is 231 Å². The molecule has 5 amide bonds. The van der Waals surface area contributed by atoms with Crippen molar-refractivity contribution in [2.24, 2.45) is 17.6 Å². The standard InChI is InChI=1S/C23H38N4O6S.C16H25N3O3.C8H16O3S.C7H14O4S.C6H13NO3S.C2H6O.CH4.2ClH/c1-6-11-18(26-22(30)19(27(4)7-2)15-34(5,32)33)21(29)23(31)24-14-20(28)25-16(3)17-12-9-8-10-13-17;1-3-7-13(17)15(21)16(22)18-10-14(20)19-11(2)12-8-5-4-6-9-12;1-4-5-8(7(2)9)6-12(3,10)11;1-3-4-6(7(8)9)5-12(2,10)11;1-5(8)6(7-2)4-11(3,9)10;1-2-3;;;/h8-10,12-13,16,18-19,21,29H,6-7,11,14-15H2,1-5H3,(H,24,31)(H,25,28)(H,26,30);4-6,8-9,11,13,15,21H,3,7,10,17H2,1-2H3,(H,18,22)(H,19,20);8H,4-6H2,1-3H3;6H,3-5H2,1-2H3,(H,8,9);6-7H,4H2,1-3H3;3H,2H2,1H3;1H4;2*1H. The summed E-state index contributed by atoms with van der Waals surface area (Å²) in [4.78, 5) is 94.8. The van der Waals surface area contributed by atoms with Crippen LogP contribution in [0.25, 0.3) is 0 Å². The molecule has 12 N–H and O–H groups in total. The second-order valence-electron chi connectivity index (χ2n) is 22.7. The first-order valence-electron chi connectivity index (χ1n) is 30.9. The zero-order chi connectivity index (χ0) is 73.8. The highest BCUT2D eigenvalue weighted by atomic mass is 35.5. The molecule has 97 heavy (non-hydrogen) atoms. The van der Waals surface area contributed by atoms with Crippen LogP contribution in [0.2, 0.25) is 0 Å². The van der Waals surface area contributed by atoms with Crippen LogP contribution in [-0.2, 0) is 77.7 Å². The summed E-state index contributed by atoms with van der Waals surface area (Å²) < 4.78 is 88.2. The number of aliphatic hydroxyl groups is 3. The maximum atomic E-state index is 12.8. The van der Waals surface area contributed by atoms with Gasteiger partial charge in [-0.2, -0.15) is 0 Å². The van der Waals surface area contributed by atoms with Gasteiger partial charge in [0.15, 0.2) is 6.10 Å². The molecule has 0 spiro atoms. The van der Waals surface area contributed by atoms with E-state index in [0.29, 0.717) is 45.1 Å². The van der Waals surface area contributed by atoms with Crippen LogP contribution in [0.1, 0.15) is 151 Å². The molecule has 0 bridgehead atoms. The average Bonchev–Trinajstić information content (AvgIpc) is 0.995. The number of amides is 5. The van der Waals surface area contributed by atoms with Crippen molar-refractivity contribution in [3.63, 3.8) is 0 Å². The number of rotatable bonds is 36. The summed E-state index contributed by atoms with van der Waals surface area (Å²) in [5.74, 6) is -5.78. The maximum absolute atomic E-state index is 12.8. The van der Waals surface area contributed by atoms with Gasteiger partial charge in [0.2, 0.25) is 17.7 Å². The van der Waals surface area contributed by atoms with Gasteiger partial charge in [-0.1, -0.05) is 128 Å². The van der Waals surface area contributed by atoms with Gasteiger partial charge in [-0.3, -0.25) is 43.3 Å². The van der Waals surface area contributed by atoms with Crippen molar-refractivity contribution in [3.8, 4) is 0 Å². The zero-order valence-corrected chi connectivity index (χ0v) is 63.6. The predicted octanol–water partition coefficient (Wildman–Crippen LogP) is 2.71. The SMILES string of the molecule is C.CCCC(CS(C)(=O)=O)C(=O)O.CCCC(CS(C)(=O)=O)C(C)=O.CCCC(N)C(O)C(=O)NCC(=O)NC(C)c1ccccc1.CCCC(NC(=O)C(CS(C)(=O)=O)N(C)CC)C(O)C(=O)NCC(=O)NC(C)c1ccccc1.CCO.CNC(CS(C)(=O)=O)C(C)=O.Cl.Cl. The highest BCUT2D eigenvalue weighted by molar-refractivity contribution is 7.91. The Morgan fingerprint density at radius 3 is 1.18 bits per heavy atom. The highest BCUT2D eigenvalue weighted by Crippen LogP contribution is 2.14. The molecule has 0 saturated heterocycles. The number of carbonyl (C=O) groups excluding carboxylic acids is 7. The summed E-state index contributed by atoms with van der Waals surface area (Å²) >= 11 is 0. The summed E-state index contributed by atoms with van der Waals surface area (Å²) in [6.07, 6.45) is 6.28. The van der Waals surface area contributed by atoms with Crippen LogP contribution in [0, 0.1) is 11.8 Å². The Morgan fingerprint density at radius 1 is 0.526 bits per heavy atom. The lowest BCUT2D eigenvalue weighted by Crippen LogP contribution is -2.56. The van der Waals surface area contributed by atoms with Gasteiger partial charge in [0.25, 0.3) is 11.8 Å². The molecular weight excluding hydrogens is 1390 g/mol. The van der Waals surface area contributed by atoms with Crippen molar-refractivity contribution in [2.75, 3.05) is 88.4 Å². The smallest absolute Gasteiger partial charge is 0.307 e. The van der Waals surface area contributed by atoms with Crippen molar-refractivity contribution >= 4 is 111 Å². The van der Waals surface area contributed by atoms with Gasteiger partial charge in [-0.25, -0.2) is 33.7 Å². The Labute approximate surface area is 591 Å². The van der Waals surface area contributed by atoms with Crippen molar-refractivity contribution in [1.82, 2.24) is 36.8 Å². The minimum absolute atomic E-state index is 0. The molecule has 0 aromatic heterocycles. The van der Waals surface area contributed by atoms with E-state index in [1.165, 1.54) is 20.1 Å². The molecule has 0 radical (unpaired) electrons. The first-order chi connectivity index (χ1) is 43.4. The van der Waals surface area contributed by atoms with Crippen molar-refractivity contribution in [1.29, 1.82) is 0 Å².